The Hall–Kier alpha value is -0.590. The van der Waals surface area contributed by atoms with Crippen molar-refractivity contribution in [1.82, 2.24) is 9.97 Å². The van der Waals surface area contributed by atoms with Crippen LogP contribution in [0.2, 0.25) is 0 Å². The molecule has 0 radical (unpaired) electrons. The van der Waals surface area contributed by atoms with Gasteiger partial charge in [-0.1, -0.05) is 27.7 Å². The number of anilines is 2. The molecule has 0 saturated carbocycles. The fourth-order valence-corrected chi connectivity index (χ4v) is 2.73. The Labute approximate surface area is 124 Å². The van der Waals surface area contributed by atoms with Gasteiger partial charge in [-0.25, -0.2) is 4.98 Å². The Morgan fingerprint density at radius 2 is 1.83 bits per heavy atom. The van der Waals surface area contributed by atoms with Crippen LogP contribution in [0.25, 0.3) is 0 Å². The van der Waals surface area contributed by atoms with Crippen LogP contribution in [-0.4, -0.2) is 30.6 Å². The van der Waals surface area contributed by atoms with Crippen LogP contribution in [-0.2, 0) is 5.41 Å². The molecule has 1 aromatic rings. The van der Waals surface area contributed by atoms with Gasteiger partial charge in [-0.05, 0) is 29.0 Å². The molecule has 0 amide bonds. The van der Waals surface area contributed by atoms with Gasteiger partial charge in [0.15, 0.2) is 0 Å². The van der Waals surface area contributed by atoms with Crippen molar-refractivity contribution in [3.05, 3.63) is 9.26 Å². The van der Waals surface area contributed by atoms with Crippen molar-refractivity contribution in [3.8, 4) is 0 Å². The van der Waals surface area contributed by atoms with Crippen molar-refractivity contribution in [3.63, 3.8) is 0 Å². The van der Waals surface area contributed by atoms with Crippen molar-refractivity contribution in [2.24, 2.45) is 0 Å². The van der Waals surface area contributed by atoms with Gasteiger partial charge in [0, 0.05) is 26.1 Å². The molecule has 0 aliphatic carbocycles. The molecule has 102 valence electrons. The summed E-state index contributed by atoms with van der Waals surface area (Å²) < 4.78 is 1.12. The summed E-state index contributed by atoms with van der Waals surface area (Å²) in [5.41, 5.74) is 1.12. The van der Waals surface area contributed by atoms with E-state index in [9.17, 15) is 0 Å². The number of rotatable bonds is 4. The van der Waals surface area contributed by atoms with Crippen molar-refractivity contribution in [2.75, 3.05) is 30.9 Å². The molecule has 0 spiro atoms. The van der Waals surface area contributed by atoms with Crippen LogP contribution in [0.15, 0.2) is 0 Å². The highest BCUT2D eigenvalue weighted by molar-refractivity contribution is 14.1. The molecule has 0 aliphatic heterocycles. The number of nitrogens with zero attached hydrogens (tertiary/aromatic N) is 3. The average Bonchev–Trinajstić information content (AvgIpc) is 2.25. The third-order valence-electron chi connectivity index (χ3n) is 2.49. The van der Waals surface area contributed by atoms with Gasteiger partial charge in [0.1, 0.15) is 5.82 Å². The topological polar surface area (TPSA) is 41.1 Å². The smallest absolute Gasteiger partial charge is 0.227 e. The van der Waals surface area contributed by atoms with E-state index in [0.717, 1.165) is 34.0 Å². The monoisotopic (exact) mass is 362 g/mol. The van der Waals surface area contributed by atoms with E-state index in [0.29, 0.717) is 0 Å². The van der Waals surface area contributed by atoms with Crippen LogP contribution in [0, 0.1) is 3.57 Å². The Bertz CT molecular complexity index is 410. The van der Waals surface area contributed by atoms with Crippen molar-refractivity contribution in [1.29, 1.82) is 0 Å². The molecule has 0 aromatic carbocycles. The highest BCUT2D eigenvalue weighted by atomic mass is 127. The SMILES string of the molecule is CCCNc1nc(N(C)C)nc(C(C)(C)C)c1I. The molecule has 0 saturated heterocycles. The molecular weight excluding hydrogens is 339 g/mol. The third kappa shape index (κ3) is 3.70. The van der Waals surface area contributed by atoms with Crippen LogP contribution in [0.3, 0.4) is 0 Å². The molecule has 1 heterocycles. The molecule has 5 heteroatoms. The molecule has 0 unspecified atom stereocenters. The van der Waals surface area contributed by atoms with Gasteiger partial charge in [0.05, 0.1) is 9.26 Å². The Balaban J connectivity index is 3.29. The van der Waals surface area contributed by atoms with E-state index in [-0.39, 0.29) is 5.41 Å². The summed E-state index contributed by atoms with van der Waals surface area (Å²) in [5.74, 6) is 1.71. The first-order chi connectivity index (χ1) is 8.27. The molecule has 1 aromatic heterocycles. The van der Waals surface area contributed by atoms with E-state index in [1.807, 2.05) is 19.0 Å². The van der Waals surface area contributed by atoms with Gasteiger partial charge in [0.2, 0.25) is 5.95 Å². The molecule has 0 atom stereocenters. The Kier molecular flexibility index (Phi) is 5.19. The minimum atomic E-state index is 0.0207. The summed E-state index contributed by atoms with van der Waals surface area (Å²) in [7, 11) is 3.94. The number of aromatic nitrogens is 2. The van der Waals surface area contributed by atoms with Gasteiger partial charge in [-0.2, -0.15) is 4.98 Å². The second kappa shape index (κ2) is 6.04. The first-order valence-electron chi connectivity index (χ1n) is 6.26. The summed E-state index contributed by atoms with van der Waals surface area (Å²) in [5, 5.41) is 3.39. The normalized spacial score (nSPS) is 11.5. The van der Waals surface area contributed by atoms with Crippen LogP contribution in [0.5, 0.6) is 0 Å². The molecule has 18 heavy (non-hydrogen) atoms. The van der Waals surface area contributed by atoms with Crippen molar-refractivity contribution < 1.29 is 0 Å². The maximum Gasteiger partial charge on any atom is 0.227 e. The standard InChI is InChI=1S/C13H23IN4/c1-7-8-15-11-9(14)10(13(2,3)4)16-12(17-11)18(5)6/h7-8H2,1-6H3,(H,15,16,17). The van der Waals surface area contributed by atoms with Gasteiger partial charge in [-0.15, -0.1) is 0 Å². The number of hydrogen-bond acceptors (Lipinski definition) is 4. The zero-order valence-corrected chi connectivity index (χ0v) is 14.3. The van der Waals surface area contributed by atoms with E-state index in [2.05, 4.69) is 65.6 Å². The summed E-state index contributed by atoms with van der Waals surface area (Å²) >= 11 is 2.34. The highest BCUT2D eigenvalue weighted by Gasteiger charge is 2.23. The van der Waals surface area contributed by atoms with Crippen LogP contribution in [0.1, 0.15) is 39.8 Å². The molecule has 1 rings (SSSR count). The lowest BCUT2D eigenvalue weighted by Gasteiger charge is -2.23. The van der Waals surface area contributed by atoms with E-state index < -0.39 is 0 Å². The van der Waals surface area contributed by atoms with Gasteiger partial charge in [0.25, 0.3) is 0 Å². The zero-order valence-electron chi connectivity index (χ0n) is 12.1. The van der Waals surface area contributed by atoms with E-state index >= 15 is 0 Å². The van der Waals surface area contributed by atoms with Crippen molar-refractivity contribution >= 4 is 34.4 Å². The predicted octanol–water partition coefficient (Wildman–Crippen LogP) is 3.27. The van der Waals surface area contributed by atoms with Gasteiger partial charge in [-0.3, -0.25) is 0 Å². The summed E-state index contributed by atoms with van der Waals surface area (Å²) in [4.78, 5) is 11.2. The maximum absolute atomic E-state index is 4.68. The lowest BCUT2D eigenvalue weighted by atomic mass is 9.92. The lowest BCUT2D eigenvalue weighted by Crippen LogP contribution is -2.22. The number of hydrogen-bond donors (Lipinski definition) is 1. The molecule has 0 aliphatic rings. The second-order valence-corrected chi connectivity index (χ2v) is 6.68. The molecule has 0 fully saturated rings. The molecular formula is C13H23IN4. The summed E-state index contributed by atoms with van der Waals surface area (Å²) in [6.45, 7) is 9.63. The quantitative estimate of drug-likeness (QED) is 0.835. The molecule has 0 bridgehead atoms. The van der Waals surface area contributed by atoms with Crippen LogP contribution in [0.4, 0.5) is 11.8 Å². The predicted molar refractivity (Wildman–Crippen MR) is 86.6 cm³/mol. The number of nitrogens with one attached hydrogen (secondary N) is 1. The third-order valence-corrected chi connectivity index (χ3v) is 3.51. The first-order valence-corrected chi connectivity index (χ1v) is 7.34. The second-order valence-electron chi connectivity index (χ2n) is 5.61. The minimum Gasteiger partial charge on any atom is -0.369 e. The van der Waals surface area contributed by atoms with Crippen molar-refractivity contribution in [2.45, 2.75) is 39.5 Å². The van der Waals surface area contributed by atoms with Gasteiger partial charge >= 0.3 is 0 Å². The van der Waals surface area contributed by atoms with E-state index in [1.54, 1.807) is 0 Å². The zero-order chi connectivity index (χ0) is 13.9. The van der Waals surface area contributed by atoms with E-state index in [4.69, 9.17) is 0 Å². The highest BCUT2D eigenvalue weighted by Crippen LogP contribution is 2.30. The average molecular weight is 362 g/mol. The fraction of sp³-hybridized carbons (Fsp3) is 0.692. The summed E-state index contributed by atoms with van der Waals surface area (Å²) in [6, 6.07) is 0. The minimum absolute atomic E-state index is 0.0207. The fourth-order valence-electron chi connectivity index (χ4n) is 1.49. The molecule has 1 N–H and O–H groups in total. The van der Waals surface area contributed by atoms with E-state index in [1.165, 1.54) is 0 Å². The van der Waals surface area contributed by atoms with Gasteiger partial charge < -0.3 is 10.2 Å². The lowest BCUT2D eigenvalue weighted by molar-refractivity contribution is 0.563. The Morgan fingerprint density at radius 1 is 1.22 bits per heavy atom. The summed E-state index contributed by atoms with van der Waals surface area (Å²) in [6.07, 6.45) is 1.09. The maximum atomic E-state index is 4.68. The number of halogens is 1. The van der Waals surface area contributed by atoms with Crippen LogP contribution >= 0.6 is 22.6 Å². The largest absolute Gasteiger partial charge is 0.369 e. The first kappa shape index (κ1) is 15.5. The molecule has 4 nitrogen and oxygen atoms in total. The Morgan fingerprint density at radius 3 is 2.28 bits per heavy atom. The van der Waals surface area contributed by atoms with Crippen LogP contribution < -0.4 is 10.2 Å².